The smallest absolute Gasteiger partial charge is 0.423 e. The molecular weight excluding hydrogens is 421 g/mol. The first kappa shape index (κ1) is 22.0. The molecule has 4 rings (SSSR count). The number of hydrogen-bond donors (Lipinski definition) is 1. The maximum absolute atomic E-state index is 13.4. The summed E-state index contributed by atoms with van der Waals surface area (Å²) in [6.45, 7) is 4.50. The van der Waals surface area contributed by atoms with Gasteiger partial charge in [-0.25, -0.2) is 4.98 Å². The van der Waals surface area contributed by atoms with Gasteiger partial charge >= 0.3 is 6.18 Å². The summed E-state index contributed by atoms with van der Waals surface area (Å²) in [5.74, 6) is -0.303. The Bertz CT molecular complexity index is 1040. The Labute approximate surface area is 183 Å². The van der Waals surface area contributed by atoms with Crippen molar-refractivity contribution in [3.63, 3.8) is 0 Å². The van der Waals surface area contributed by atoms with Gasteiger partial charge in [-0.3, -0.25) is 4.98 Å². The second-order valence-corrected chi connectivity index (χ2v) is 7.89. The van der Waals surface area contributed by atoms with Crippen LogP contribution in [0.1, 0.15) is 31.0 Å². The highest BCUT2D eigenvalue weighted by Gasteiger charge is 2.38. The second kappa shape index (κ2) is 9.12. The van der Waals surface area contributed by atoms with Crippen molar-refractivity contribution in [2.24, 2.45) is 5.92 Å². The predicted molar refractivity (Wildman–Crippen MR) is 113 cm³/mol. The van der Waals surface area contributed by atoms with E-state index in [0.717, 1.165) is 23.0 Å². The highest BCUT2D eigenvalue weighted by molar-refractivity contribution is 5.59. The van der Waals surface area contributed by atoms with Gasteiger partial charge in [-0.1, -0.05) is 44.2 Å². The fourth-order valence-electron chi connectivity index (χ4n) is 3.33. The Morgan fingerprint density at radius 1 is 1.06 bits per heavy atom. The molecule has 1 atom stereocenters. The summed E-state index contributed by atoms with van der Waals surface area (Å²) in [7, 11) is 0. The lowest BCUT2D eigenvalue weighted by molar-refractivity contribution is -0.142. The number of ether oxygens (including phenoxy) is 2. The van der Waals surface area contributed by atoms with Crippen molar-refractivity contribution in [3.05, 3.63) is 66.0 Å². The standard InChI is InChI=1S/C23H23F3N4O2/c1-14(2)20(16-8-6-15(7-9-16)19-5-3-4-10-27-19)29-22-28-11-18(23(24,25)26)21(30-22)32-17-12-31-13-17/h3-11,14,17,20H,12-13H2,1-2H3,(H,28,29,30)/t20-/m1/s1. The molecule has 0 amide bonds. The van der Waals surface area contributed by atoms with E-state index in [4.69, 9.17) is 9.47 Å². The third-order valence-corrected chi connectivity index (χ3v) is 5.13. The van der Waals surface area contributed by atoms with Crippen LogP contribution in [-0.2, 0) is 10.9 Å². The first-order valence-corrected chi connectivity index (χ1v) is 10.3. The Balaban J connectivity index is 1.58. The van der Waals surface area contributed by atoms with E-state index in [1.165, 1.54) is 0 Å². The van der Waals surface area contributed by atoms with Crippen LogP contribution in [0.15, 0.2) is 54.9 Å². The van der Waals surface area contributed by atoms with E-state index in [2.05, 4.69) is 20.3 Å². The van der Waals surface area contributed by atoms with Crippen molar-refractivity contribution < 1.29 is 22.6 Å². The lowest BCUT2D eigenvalue weighted by Crippen LogP contribution is -2.39. The highest BCUT2D eigenvalue weighted by Crippen LogP contribution is 2.36. The lowest BCUT2D eigenvalue weighted by atomic mass is 9.95. The van der Waals surface area contributed by atoms with Crippen molar-refractivity contribution in [2.75, 3.05) is 18.5 Å². The van der Waals surface area contributed by atoms with Gasteiger partial charge in [0.25, 0.3) is 0 Å². The molecule has 0 aliphatic carbocycles. The molecule has 2 aromatic heterocycles. The quantitative estimate of drug-likeness (QED) is 0.544. The third kappa shape index (κ3) is 4.99. The maximum Gasteiger partial charge on any atom is 0.423 e. The number of anilines is 1. The van der Waals surface area contributed by atoms with Crippen LogP contribution in [0.4, 0.5) is 19.1 Å². The third-order valence-electron chi connectivity index (χ3n) is 5.13. The van der Waals surface area contributed by atoms with Crippen LogP contribution in [0, 0.1) is 5.92 Å². The zero-order valence-corrected chi connectivity index (χ0v) is 17.6. The van der Waals surface area contributed by atoms with E-state index in [0.29, 0.717) is 0 Å². The van der Waals surface area contributed by atoms with Crippen LogP contribution in [0.5, 0.6) is 5.88 Å². The number of nitrogens with one attached hydrogen (secondary N) is 1. The number of nitrogens with zero attached hydrogens (tertiary/aromatic N) is 3. The molecule has 3 aromatic rings. The minimum atomic E-state index is -4.61. The Morgan fingerprint density at radius 2 is 1.81 bits per heavy atom. The normalized spacial score (nSPS) is 15.3. The van der Waals surface area contributed by atoms with Gasteiger partial charge in [-0.2, -0.15) is 18.2 Å². The summed E-state index contributed by atoms with van der Waals surface area (Å²) >= 11 is 0. The van der Waals surface area contributed by atoms with Gasteiger partial charge in [-0.05, 0) is 23.6 Å². The van der Waals surface area contributed by atoms with Crippen LogP contribution in [0.25, 0.3) is 11.3 Å². The minimum Gasteiger partial charge on any atom is -0.469 e. The number of aromatic nitrogens is 3. The molecular formula is C23H23F3N4O2. The minimum absolute atomic E-state index is 0.0701. The number of hydrogen-bond acceptors (Lipinski definition) is 6. The summed E-state index contributed by atoms with van der Waals surface area (Å²) in [4.78, 5) is 12.3. The number of rotatable bonds is 7. The SMILES string of the molecule is CC(C)[C@@H](Nc1ncc(C(F)(F)F)c(OC2COC2)n1)c1ccc(-c2ccccn2)cc1. The largest absolute Gasteiger partial charge is 0.469 e. The monoisotopic (exact) mass is 444 g/mol. The van der Waals surface area contributed by atoms with Crippen molar-refractivity contribution in [1.82, 2.24) is 15.0 Å². The fourth-order valence-corrected chi connectivity index (χ4v) is 3.33. The molecule has 3 heterocycles. The Morgan fingerprint density at radius 3 is 2.38 bits per heavy atom. The van der Waals surface area contributed by atoms with Gasteiger partial charge in [0.15, 0.2) is 0 Å². The summed E-state index contributed by atoms with van der Waals surface area (Å²) in [6, 6.07) is 13.4. The summed E-state index contributed by atoms with van der Waals surface area (Å²) in [5, 5.41) is 3.17. The molecule has 0 unspecified atom stereocenters. The van der Waals surface area contributed by atoms with Gasteiger partial charge in [-0.15, -0.1) is 0 Å². The molecule has 1 fully saturated rings. The highest BCUT2D eigenvalue weighted by atomic mass is 19.4. The maximum atomic E-state index is 13.4. The molecule has 32 heavy (non-hydrogen) atoms. The molecule has 0 saturated carbocycles. The Hall–Kier alpha value is -3.20. The van der Waals surface area contributed by atoms with Gasteiger partial charge in [0.1, 0.15) is 11.7 Å². The van der Waals surface area contributed by atoms with E-state index >= 15 is 0 Å². The summed E-state index contributed by atoms with van der Waals surface area (Å²) in [5.41, 5.74) is 1.79. The van der Waals surface area contributed by atoms with Gasteiger partial charge < -0.3 is 14.8 Å². The molecule has 0 bridgehead atoms. The first-order chi connectivity index (χ1) is 15.3. The average Bonchev–Trinajstić information content (AvgIpc) is 2.74. The van der Waals surface area contributed by atoms with Crippen molar-refractivity contribution >= 4 is 5.95 Å². The van der Waals surface area contributed by atoms with Gasteiger partial charge in [0.05, 0.1) is 24.9 Å². The fraction of sp³-hybridized carbons (Fsp3) is 0.348. The molecule has 1 aromatic carbocycles. The molecule has 168 valence electrons. The van der Waals surface area contributed by atoms with E-state index < -0.39 is 23.7 Å². The molecule has 1 saturated heterocycles. The topological polar surface area (TPSA) is 69.2 Å². The summed E-state index contributed by atoms with van der Waals surface area (Å²) in [6.07, 6.45) is -2.57. The number of halogens is 3. The number of alkyl halides is 3. The molecule has 1 aliphatic heterocycles. The van der Waals surface area contributed by atoms with E-state index in [1.54, 1.807) is 6.20 Å². The number of pyridine rings is 1. The van der Waals surface area contributed by atoms with Crippen molar-refractivity contribution in [1.29, 1.82) is 0 Å². The first-order valence-electron chi connectivity index (χ1n) is 10.3. The van der Waals surface area contributed by atoms with Gasteiger partial charge in [0, 0.05) is 18.0 Å². The zero-order valence-electron chi connectivity index (χ0n) is 17.6. The molecule has 9 heteroatoms. The zero-order chi connectivity index (χ0) is 22.7. The van der Waals surface area contributed by atoms with E-state index in [1.807, 2.05) is 56.3 Å². The van der Waals surface area contributed by atoms with E-state index in [-0.39, 0.29) is 31.1 Å². The van der Waals surface area contributed by atoms with Crippen molar-refractivity contribution in [2.45, 2.75) is 32.2 Å². The predicted octanol–water partition coefficient (Wildman–Crippen LogP) is 5.14. The van der Waals surface area contributed by atoms with Crippen molar-refractivity contribution in [3.8, 4) is 17.1 Å². The Kier molecular flexibility index (Phi) is 6.27. The average molecular weight is 444 g/mol. The van der Waals surface area contributed by atoms with E-state index in [9.17, 15) is 13.2 Å². The van der Waals surface area contributed by atoms with Crippen LogP contribution in [-0.4, -0.2) is 34.3 Å². The van der Waals surface area contributed by atoms with Gasteiger partial charge in [0.2, 0.25) is 11.8 Å². The molecule has 0 radical (unpaired) electrons. The van der Waals surface area contributed by atoms with Crippen LogP contribution < -0.4 is 10.1 Å². The molecule has 1 aliphatic rings. The van der Waals surface area contributed by atoms with Crippen LogP contribution in [0.3, 0.4) is 0 Å². The van der Waals surface area contributed by atoms with Crippen LogP contribution in [0.2, 0.25) is 0 Å². The lowest BCUT2D eigenvalue weighted by Gasteiger charge is -2.28. The number of benzene rings is 1. The summed E-state index contributed by atoms with van der Waals surface area (Å²) < 4.78 is 50.5. The second-order valence-electron chi connectivity index (χ2n) is 7.89. The molecule has 1 N–H and O–H groups in total. The molecule has 6 nitrogen and oxygen atoms in total. The van der Waals surface area contributed by atoms with Crippen LogP contribution >= 0.6 is 0 Å². The molecule has 0 spiro atoms.